The van der Waals surface area contributed by atoms with Gasteiger partial charge < -0.3 is 28.6 Å². The van der Waals surface area contributed by atoms with Gasteiger partial charge in [0.2, 0.25) is 0 Å². The molecule has 0 unspecified atom stereocenters. The molecule has 0 aromatic carbocycles. The summed E-state index contributed by atoms with van der Waals surface area (Å²) in [5.74, 6) is 0.421. The second-order valence-electron chi connectivity index (χ2n) is 16.1. The molecule has 1 aliphatic carbocycles. The molecule has 0 amide bonds. The summed E-state index contributed by atoms with van der Waals surface area (Å²) < 4.78 is 26.0. The number of rotatable bonds is 37. The summed E-state index contributed by atoms with van der Waals surface area (Å²) in [5.41, 5.74) is 0. The number of hydrogen-bond acceptors (Lipinski definition) is 11. The van der Waals surface area contributed by atoms with Crippen LogP contribution in [-0.2, 0) is 47.7 Å². The van der Waals surface area contributed by atoms with Crippen molar-refractivity contribution in [1.29, 1.82) is 0 Å². The molecule has 0 heterocycles. The second-order valence-corrected chi connectivity index (χ2v) is 16.1. The van der Waals surface area contributed by atoms with Crippen LogP contribution in [0.3, 0.4) is 0 Å². The maximum atomic E-state index is 12.9. The molecule has 1 saturated carbocycles. The van der Waals surface area contributed by atoms with Crippen molar-refractivity contribution in [3.8, 4) is 0 Å². The minimum absolute atomic E-state index is 0.0544. The molecular weight excluding hydrogens is 727 g/mol. The first-order chi connectivity index (χ1) is 27.6. The van der Waals surface area contributed by atoms with E-state index in [1.54, 1.807) is 0 Å². The van der Waals surface area contributed by atoms with Crippen molar-refractivity contribution in [2.24, 2.45) is 11.8 Å². The third kappa shape index (κ3) is 32.4. The van der Waals surface area contributed by atoms with Crippen LogP contribution in [0.15, 0.2) is 24.3 Å². The molecule has 0 atom stereocenters. The van der Waals surface area contributed by atoms with Gasteiger partial charge in [-0.2, -0.15) is 0 Å². The largest absolute Gasteiger partial charge is 0.469 e. The highest BCUT2D eigenvalue weighted by Gasteiger charge is 2.31. The smallest absolute Gasteiger partial charge is 0.306 e. The van der Waals surface area contributed by atoms with Gasteiger partial charge in [0.25, 0.3) is 0 Å². The van der Waals surface area contributed by atoms with Crippen LogP contribution in [0.4, 0.5) is 0 Å². The van der Waals surface area contributed by atoms with E-state index in [4.69, 9.17) is 14.2 Å². The monoisotopic (exact) mass is 806 g/mol. The highest BCUT2D eigenvalue weighted by molar-refractivity contribution is 5.70. The summed E-state index contributed by atoms with van der Waals surface area (Å²) in [4.78, 5) is 61.6. The molecule has 0 aromatic rings. The predicted octanol–water partition coefficient (Wildman–Crippen LogP) is 9.78. The summed E-state index contributed by atoms with van der Waals surface area (Å²) in [6.07, 6.45) is 31.2. The van der Waals surface area contributed by atoms with E-state index in [0.29, 0.717) is 57.2 Å². The summed E-state index contributed by atoms with van der Waals surface area (Å²) >= 11 is 0. The van der Waals surface area contributed by atoms with Crippen molar-refractivity contribution >= 4 is 29.8 Å². The van der Waals surface area contributed by atoms with Crippen LogP contribution in [0, 0.1) is 11.8 Å². The molecule has 0 spiro atoms. The van der Waals surface area contributed by atoms with Crippen molar-refractivity contribution in [2.45, 2.75) is 179 Å². The standard InChI is InChI=1S/C46H79NO10/c1-47(2)38-40-35-39(36-40)37-46(52)57-41(27-19-11-9-15-23-31-44(50)55-33-25-17-7-5-13-21-29-42(48)53-3)28-20-12-10-16-24-32-45(51)56-34-26-18-8-6-14-22-30-43(49)54-4/h17-18,25-26,39-41H,5-16,19-24,27-38H2,1-4H3/b25-17-,26-18-. The number of methoxy groups -OCH3 is 2. The number of hydrogen-bond donors (Lipinski definition) is 0. The van der Waals surface area contributed by atoms with Crippen molar-refractivity contribution in [3.63, 3.8) is 0 Å². The molecule has 1 rings (SSSR count). The van der Waals surface area contributed by atoms with Gasteiger partial charge in [-0.1, -0.05) is 75.7 Å². The molecule has 328 valence electrons. The topological polar surface area (TPSA) is 135 Å². The highest BCUT2D eigenvalue weighted by atomic mass is 16.5. The maximum absolute atomic E-state index is 12.9. The SMILES string of the molecule is COC(=O)CCCCC/C=C\COC(=O)CCCCCCCC(CCCCCCCC(=O)OC/C=C\CCCCCC(=O)OC)OC(=O)CC1CC(CN(C)C)C1. The van der Waals surface area contributed by atoms with Crippen LogP contribution in [0.5, 0.6) is 0 Å². The van der Waals surface area contributed by atoms with E-state index in [9.17, 15) is 24.0 Å². The van der Waals surface area contributed by atoms with Crippen molar-refractivity contribution < 1.29 is 47.7 Å². The molecule has 0 N–H and O–H groups in total. The number of unbranched alkanes of at least 4 members (excludes halogenated alkanes) is 14. The molecule has 0 saturated heterocycles. The number of esters is 5. The van der Waals surface area contributed by atoms with Crippen LogP contribution in [0.1, 0.15) is 173 Å². The van der Waals surface area contributed by atoms with Gasteiger partial charge >= 0.3 is 29.8 Å². The van der Waals surface area contributed by atoms with E-state index < -0.39 is 0 Å². The van der Waals surface area contributed by atoms with E-state index >= 15 is 0 Å². The minimum Gasteiger partial charge on any atom is -0.469 e. The van der Waals surface area contributed by atoms with Gasteiger partial charge in [-0.25, -0.2) is 0 Å². The van der Waals surface area contributed by atoms with Crippen molar-refractivity contribution in [1.82, 2.24) is 4.90 Å². The molecule has 0 aliphatic heterocycles. The van der Waals surface area contributed by atoms with Crippen LogP contribution in [0.25, 0.3) is 0 Å². The molecule has 1 fully saturated rings. The van der Waals surface area contributed by atoms with Gasteiger partial charge in [0.1, 0.15) is 19.3 Å². The van der Waals surface area contributed by atoms with Gasteiger partial charge in [0.15, 0.2) is 0 Å². The molecule has 0 aromatic heterocycles. The third-order valence-corrected chi connectivity index (χ3v) is 10.5. The Morgan fingerprint density at radius 3 is 1.35 bits per heavy atom. The third-order valence-electron chi connectivity index (χ3n) is 10.5. The summed E-state index contributed by atoms with van der Waals surface area (Å²) in [7, 11) is 7.01. The Hall–Kier alpha value is -3.21. The Bertz CT molecular complexity index is 1060. The molecule has 1 aliphatic rings. The van der Waals surface area contributed by atoms with E-state index in [1.807, 2.05) is 24.3 Å². The van der Waals surface area contributed by atoms with E-state index in [1.165, 1.54) is 14.2 Å². The zero-order chi connectivity index (χ0) is 41.8. The lowest BCUT2D eigenvalue weighted by Gasteiger charge is -2.36. The lowest BCUT2D eigenvalue weighted by Crippen LogP contribution is -2.34. The second kappa shape index (κ2) is 35.9. The normalized spacial score (nSPS) is 15.3. The zero-order valence-corrected chi connectivity index (χ0v) is 36.3. The van der Waals surface area contributed by atoms with Gasteiger partial charge in [-0.3, -0.25) is 24.0 Å². The predicted molar refractivity (Wildman–Crippen MR) is 224 cm³/mol. The number of carbonyl (C=O) groups is 5. The average molecular weight is 806 g/mol. The molecule has 0 bridgehead atoms. The van der Waals surface area contributed by atoms with Crippen LogP contribution in [-0.4, -0.2) is 88.9 Å². The van der Waals surface area contributed by atoms with Crippen LogP contribution in [0.2, 0.25) is 0 Å². The Morgan fingerprint density at radius 2 is 0.912 bits per heavy atom. The first-order valence-electron chi connectivity index (χ1n) is 22.2. The van der Waals surface area contributed by atoms with Gasteiger partial charge in [0, 0.05) is 38.6 Å². The van der Waals surface area contributed by atoms with Crippen LogP contribution < -0.4 is 0 Å². The fraction of sp³-hybridized carbons (Fsp3) is 0.804. The maximum Gasteiger partial charge on any atom is 0.306 e. The van der Waals surface area contributed by atoms with Gasteiger partial charge in [0.05, 0.1) is 14.2 Å². The first-order valence-corrected chi connectivity index (χ1v) is 22.2. The Balaban J connectivity index is 2.22. The fourth-order valence-corrected chi connectivity index (χ4v) is 7.20. The Kier molecular flexibility index (Phi) is 32.6. The number of allylic oxidation sites excluding steroid dienone is 2. The summed E-state index contributed by atoms with van der Waals surface area (Å²) in [6.45, 7) is 1.68. The average Bonchev–Trinajstić information content (AvgIpc) is 3.17. The fourth-order valence-electron chi connectivity index (χ4n) is 7.20. The lowest BCUT2D eigenvalue weighted by atomic mass is 9.73. The van der Waals surface area contributed by atoms with Crippen molar-refractivity contribution in [3.05, 3.63) is 24.3 Å². The summed E-state index contributed by atoms with van der Waals surface area (Å²) in [5, 5.41) is 0. The zero-order valence-electron chi connectivity index (χ0n) is 36.3. The van der Waals surface area contributed by atoms with Gasteiger partial charge in [-0.05, 0) is 116 Å². The number of carbonyl (C=O) groups excluding carboxylic acids is 5. The number of ether oxygens (including phenoxy) is 5. The lowest BCUT2D eigenvalue weighted by molar-refractivity contribution is -0.152. The molecule has 11 nitrogen and oxygen atoms in total. The highest BCUT2D eigenvalue weighted by Crippen LogP contribution is 2.36. The quantitative estimate of drug-likeness (QED) is 0.0257. The van der Waals surface area contributed by atoms with E-state index in [0.717, 1.165) is 148 Å². The van der Waals surface area contributed by atoms with Gasteiger partial charge in [-0.15, -0.1) is 0 Å². The molecule has 0 radical (unpaired) electrons. The molecule has 11 heteroatoms. The number of nitrogens with zero attached hydrogens (tertiary/aromatic N) is 1. The van der Waals surface area contributed by atoms with Crippen molar-refractivity contribution in [2.75, 3.05) is 48.1 Å². The molecular formula is C46H79NO10. The summed E-state index contributed by atoms with van der Waals surface area (Å²) in [6, 6.07) is 0. The first kappa shape index (κ1) is 51.8. The Morgan fingerprint density at radius 1 is 0.509 bits per heavy atom. The van der Waals surface area contributed by atoms with E-state index in [2.05, 4.69) is 28.5 Å². The minimum atomic E-state index is -0.166. The molecule has 57 heavy (non-hydrogen) atoms. The van der Waals surface area contributed by atoms with E-state index in [-0.39, 0.29) is 36.0 Å². The Labute approximate surface area is 345 Å². The van der Waals surface area contributed by atoms with Crippen LogP contribution >= 0.6 is 0 Å².